The second kappa shape index (κ2) is 4.53. The van der Waals surface area contributed by atoms with Crippen LogP contribution in [0.25, 0.3) is 10.9 Å². The lowest BCUT2D eigenvalue weighted by atomic mass is 10.0. The Kier molecular flexibility index (Phi) is 3.18. The third-order valence-corrected chi connectivity index (χ3v) is 3.24. The van der Waals surface area contributed by atoms with Crippen molar-refractivity contribution in [2.24, 2.45) is 0 Å². The Balaban J connectivity index is 2.97. The van der Waals surface area contributed by atoms with E-state index >= 15 is 0 Å². The molecule has 1 aromatic carbocycles. The zero-order valence-corrected chi connectivity index (χ0v) is 11.5. The molecule has 2 aromatic rings. The first-order valence-electron chi connectivity index (χ1n) is 6.22. The van der Waals surface area contributed by atoms with Crippen molar-refractivity contribution in [2.75, 3.05) is 0 Å². The molecule has 0 fully saturated rings. The number of aromatic carboxylic acids is 1. The van der Waals surface area contributed by atoms with E-state index in [4.69, 9.17) is 0 Å². The number of ketones is 1. The number of carboxylic acid groups (broad SMARTS) is 1. The lowest BCUT2D eigenvalue weighted by Gasteiger charge is -2.11. The summed E-state index contributed by atoms with van der Waals surface area (Å²) in [4.78, 5) is 23.1. The topological polar surface area (TPSA) is 59.3 Å². The molecule has 0 saturated carbocycles. The predicted molar refractivity (Wildman–Crippen MR) is 74.0 cm³/mol. The molecular formula is C15H17NO3. The molecule has 0 aliphatic carbocycles. The van der Waals surface area contributed by atoms with Gasteiger partial charge in [0.25, 0.3) is 0 Å². The summed E-state index contributed by atoms with van der Waals surface area (Å²) in [5.74, 6) is -1.02. The quantitative estimate of drug-likeness (QED) is 0.859. The van der Waals surface area contributed by atoms with Crippen molar-refractivity contribution in [2.45, 2.75) is 33.7 Å². The number of carboxylic acids is 1. The maximum Gasteiger partial charge on any atom is 0.337 e. The molecule has 1 N–H and O–H groups in total. The largest absolute Gasteiger partial charge is 0.478 e. The average molecular weight is 259 g/mol. The number of aryl methyl sites for hydroxylation is 1. The minimum atomic E-state index is -0.969. The van der Waals surface area contributed by atoms with Crippen LogP contribution in [0.2, 0.25) is 0 Å². The van der Waals surface area contributed by atoms with Gasteiger partial charge in [-0.05, 0) is 45.4 Å². The molecule has 0 aliphatic heterocycles. The number of hydrogen-bond donors (Lipinski definition) is 1. The number of hydrogen-bond acceptors (Lipinski definition) is 2. The smallest absolute Gasteiger partial charge is 0.337 e. The Hall–Kier alpha value is -2.10. The van der Waals surface area contributed by atoms with Gasteiger partial charge in [-0.15, -0.1) is 0 Å². The molecule has 0 spiro atoms. The van der Waals surface area contributed by atoms with Gasteiger partial charge in [0.15, 0.2) is 5.78 Å². The van der Waals surface area contributed by atoms with Crippen molar-refractivity contribution in [1.82, 2.24) is 4.57 Å². The molecule has 0 bridgehead atoms. The van der Waals surface area contributed by atoms with Gasteiger partial charge < -0.3 is 9.67 Å². The molecule has 0 radical (unpaired) electrons. The van der Waals surface area contributed by atoms with Crippen molar-refractivity contribution >= 4 is 22.7 Å². The van der Waals surface area contributed by atoms with Crippen LogP contribution in [0.1, 0.15) is 53.1 Å². The van der Waals surface area contributed by atoms with Crippen LogP contribution in [0.3, 0.4) is 0 Å². The molecule has 100 valence electrons. The maximum atomic E-state index is 11.7. The van der Waals surface area contributed by atoms with E-state index in [0.29, 0.717) is 11.1 Å². The van der Waals surface area contributed by atoms with Crippen LogP contribution in [0.15, 0.2) is 18.3 Å². The van der Waals surface area contributed by atoms with Gasteiger partial charge in [-0.1, -0.05) is 0 Å². The molecule has 0 aliphatic rings. The van der Waals surface area contributed by atoms with E-state index < -0.39 is 5.97 Å². The molecular weight excluding hydrogens is 242 g/mol. The molecule has 2 rings (SSSR count). The highest BCUT2D eigenvalue weighted by molar-refractivity contribution is 6.12. The van der Waals surface area contributed by atoms with Crippen LogP contribution >= 0.6 is 0 Å². The number of carbonyl (C=O) groups excluding carboxylic acids is 1. The Morgan fingerprint density at radius 2 is 1.84 bits per heavy atom. The summed E-state index contributed by atoms with van der Waals surface area (Å²) < 4.78 is 1.86. The van der Waals surface area contributed by atoms with Crippen LogP contribution in [-0.4, -0.2) is 21.4 Å². The molecule has 0 saturated heterocycles. The van der Waals surface area contributed by atoms with Crippen molar-refractivity contribution in [1.29, 1.82) is 0 Å². The van der Waals surface area contributed by atoms with Gasteiger partial charge in [-0.25, -0.2) is 4.79 Å². The summed E-state index contributed by atoms with van der Waals surface area (Å²) in [6.45, 7) is 7.27. The third kappa shape index (κ3) is 2.14. The second-order valence-electron chi connectivity index (χ2n) is 5.11. The molecule has 0 atom stereocenters. The fourth-order valence-electron chi connectivity index (χ4n) is 2.39. The minimum Gasteiger partial charge on any atom is -0.478 e. The van der Waals surface area contributed by atoms with E-state index in [1.54, 1.807) is 12.3 Å². The molecule has 19 heavy (non-hydrogen) atoms. The van der Waals surface area contributed by atoms with Crippen molar-refractivity contribution in [3.63, 3.8) is 0 Å². The number of carbonyl (C=O) groups is 2. The number of benzene rings is 1. The first-order chi connectivity index (χ1) is 8.82. The van der Waals surface area contributed by atoms with E-state index in [0.717, 1.165) is 10.9 Å². The fourth-order valence-corrected chi connectivity index (χ4v) is 2.39. The van der Waals surface area contributed by atoms with Gasteiger partial charge in [0.05, 0.1) is 11.1 Å². The highest BCUT2D eigenvalue weighted by atomic mass is 16.4. The number of nitrogens with zero attached hydrogens (tertiary/aromatic N) is 1. The van der Waals surface area contributed by atoms with E-state index in [1.807, 2.05) is 31.4 Å². The number of Topliss-reactive ketones (excluding diaryl/α,β-unsaturated/α-hetero) is 1. The predicted octanol–water partition coefficient (Wildman–Crippen LogP) is 3.43. The normalized spacial score (nSPS) is 11.2. The summed E-state index contributed by atoms with van der Waals surface area (Å²) in [6.07, 6.45) is 1.75. The zero-order valence-electron chi connectivity index (χ0n) is 11.5. The Morgan fingerprint density at radius 3 is 2.32 bits per heavy atom. The van der Waals surface area contributed by atoms with Gasteiger partial charge >= 0.3 is 5.97 Å². The Morgan fingerprint density at radius 1 is 1.21 bits per heavy atom. The van der Waals surface area contributed by atoms with Gasteiger partial charge in [0.1, 0.15) is 0 Å². The van der Waals surface area contributed by atoms with E-state index in [9.17, 15) is 14.7 Å². The number of aromatic nitrogens is 1. The molecule has 1 heterocycles. The SMILES string of the molecule is CC(=O)c1cn(C(C)C)c2c(C(=O)O)cc(C)cc12. The van der Waals surface area contributed by atoms with Crippen LogP contribution in [0.4, 0.5) is 0 Å². The van der Waals surface area contributed by atoms with Crippen molar-refractivity contribution in [3.05, 3.63) is 35.0 Å². The second-order valence-corrected chi connectivity index (χ2v) is 5.11. The van der Waals surface area contributed by atoms with Crippen LogP contribution in [-0.2, 0) is 0 Å². The van der Waals surface area contributed by atoms with Gasteiger partial charge in [0.2, 0.25) is 0 Å². The standard InChI is InChI=1S/C15H17NO3/c1-8(2)16-7-13(10(4)17)11-5-9(3)6-12(14(11)16)15(18)19/h5-8H,1-4H3,(H,18,19). The fraction of sp³-hybridized carbons (Fsp3) is 0.333. The van der Waals surface area contributed by atoms with Crippen molar-refractivity contribution in [3.8, 4) is 0 Å². The lowest BCUT2D eigenvalue weighted by molar-refractivity contribution is 0.0698. The Bertz CT molecular complexity index is 680. The average Bonchev–Trinajstić information content (AvgIpc) is 2.66. The highest BCUT2D eigenvalue weighted by Gasteiger charge is 2.20. The van der Waals surface area contributed by atoms with E-state index in [2.05, 4.69) is 0 Å². The number of fused-ring (bicyclic) bond motifs is 1. The molecule has 1 aromatic heterocycles. The van der Waals surface area contributed by atoms with Crippen LogP contribution in [0, 0.1) is 6.92 Å². The molecule has 4 nitrogen and oxygen atoms in total. The Labute approximate surface area is 111 Å². The van der Waals surface area contributed by atoms with Crippen LogP contribution < -0.4 is 0 Å². The zero-order chi connectivity index (χ0) is 14.3. The van der Waals surface area contributed by atoms with Gasteiger partial charge in [-0.3, -0.25) is 4.79 Å². The minimum absolute atomic E-state index is 0.0497. The van der Waals surface area contributed by atoms with E-state index in [1.165, 1.54) is 6.92 Å². The summed E-state index contributed by atoms with van der Waals surface area (Å²) in [6, 6.07) is 3.61. The maximum absolute atomic E-state index is 11.7. The molecule has 0 amide bonds. The van der Waals surface area contributed by atoms with Gasteiger partial charge in [0, 0.05) is 23.2 Å². The summed E-state index contributed by atoms with van der Waals surface area (Å²) in [7, 11) is 0. The molecule has 0 unspecified atom stereocenters. The first-order valence-corrected chi connectivity index (χ1v) is 6.22. The van der Waals surface area contributed by atoms with Gasteiger partial charge in [-0.2, -0.15) is 0 Å². The lowest BCUT2D eigenvalue weighted by Crippen LogP contribution is -2.05. The van der Waals surface area contributed by atoms with Crippen molar-refractivity contribution < 1.29 is 14.7 Å². The highest BCUT2D eigenvalue weighted by Crippen LogP contribution is 2.29. The first kappa shape index (κ1) is 13.3. The summed E-state index contributed by atoms with van der Waals surface area (Å²) in [5.41, 5.74) is 2.29. The number of rotatable bonds is 3. The molecule has 4 heteroatoms. The summed E-state index contributed by atoms with van der Waals surface area (Å²) >= 11 is 0. The monoisotopic (exact) mass is 259 g/mol. The van der Waals surface area contributed by atoms with Crippen LogP contribution in [0.5, 0.6) is 0 Å². The van der Waals surface area contributed by atoms with E-state index in [-0.39, 0.29) is 17.4 Å². The summed E-state index contributed by atoms with van der Waals surface area (Å²) in [5, 5.41) is 10.1. The third-order valence-electron chi connectivity index (χ3n) is 3.24.